The van der Waals surface area contributed by atoms with E-state index in [9.17, 15) is 10.2 Å². The molecule has 2 saturated heterocycles. The Morgan fingerprint density at radius 3 is 2.64 bits per heavy atom. The van der Waals surface area contributed by atoms with Gasteiger partial charge in [-0.15, -0.1) is 0 Å². The summed E-state index contributed by atoms with van der Waals surface area (Å²) in [6.07, 6.45) is -2.25. The summed E-state index contributed by atoms with van der Waals surface area (Å²) < 4.78 is 18.7. The van der Waals surface area contributed by atoms with Crippen molar-refractivity contribution in [3.05, 3.63) is 41.7 Å². The number of aliphatic hydroxyl groups is 2. The first-order valence-corrected chi connectivity index (χ1v) is 10.7. The second-order valence-electron chi connectivity index (χ2n) is 8.25. The lowest BCUT2D eigenvalue weighted by atomic mass is 10.1. The van der Waals surface area contributed by atoms with Gasteiger partial charge in [0.15, 0.2) is 17.4 Å². The van der Waals surface area contributed by atoms with Crippen molar-refractivity contribution in [3.63, 3.8) is 0 Å². The number of fused-ring (bicyclic) bond motifs is 1. The van der Waals surface area contributed by atoms with E-state index < -0.39 is 24.5 Å². The molecule has 2 aliphatic rings. The van der Waals surface area contributed by atoms with Crippen LogP contribution in [0.4, 0.5) is 5.95 Å². The second kappa shape index (κ2) is 8.92. The van der Waals surface area contributed by atoms with E-state index in [0.29, 0.717) is 48.4 Å². The number of nitrogens with zero attached hydrogens (tertiary/aromatic N) is 5. The van der Waals surface area contributed by atoms with Gasteiger partial charge in [0.25, 0.3) is 0 Å². The van der Waals surface area contributed by atoms with Crippen LogP contribution in [-0.2, 0) is 16.1 Å². The van der Waals surface area contributed by atoms with Gasteiger partial charge < -0.3 is 29.7 Å². The average molecular weight is 452 g/mol. The van der Waals surface area contributed by atoms with Crippen molar-refractivity contribution in [3.8, 4) is 11.9 Å². The van der Waals surface area contributed by atoms with Crippen LogP contribution in [0.5, 0.6) is 5.88 Å². The van der Waals surface area contributed by atoms with Crippen molar-refractivity contribution in [1.82, 2.24) is 19.5 Å². The van der Waals surface area contributed by atoms with Crippen molar-refractivity contribution in [2.24, 2.45) is 5.92 Å². The fourth-order valence-electron chi connectivity index (χ4n) is 3.87. The largest absolute Gasteiger partial charge is 0.471 e. The molecule has 4 heterocycles. The third kappa shape index (κ3) is 4.09. The minimum atomic E-state index is -1.15. The number of nitriles is 1. The molecule has 11 nitrogen and oxygen atoms in total. The Labute approximate surface area is 189 Å². The molecule has 0 saturated carbocycles. The number of hydrogen-bond acceptors (Lipinski definition) is 10. The molecule has 0 bridgehead atoms. The van der Waals surface area contributed by atoms with Crippen molar-refractivity contribution in [1.29, 1.82) is 5.26 Å². The number of benzene rings is 1. The van der Waals surface area contributed by atoms with Gasteiger partial charge in [-0.2, -0.15) is 10.2 Å². The van der Waals surface area contributed by atoms with E-state index in [2.05, 4.69) is 26.3 Å². The first-order valence-electron chi connectivity index (χ1n) is 10.7. The standard InChI is InChI=1S/C22H24N6O5/c1-12-17(29)18(30)21(33-12)28-19-16(27-22(28)24-7-15-8-31-9-15)20(26-11-25-19)32-10-14-4-2-13(6-23)3-5-14/h2-5,11-12,15,17-18,21,29-30H,7-10H2,1H3,(H,24,27)/t12-,17-,18-,21-/m1/s1. The van der Waals surface area contributed by atoms with Crippen molar-refractivity contribution in [2.75, 3.05) is 25.1 Å². The fraction of sp³-hybridized carbons (Fsp3) is 0.455. The van der Waals surface area contributed by atoms with Crippen LogP contribution in [0.3, 0.4) is 0 Å². The summed E-state index contributed by atoms with van der Waals surface area (Å²) in [6, 6.07) is 9.16. The molecule has 2 fully saturated rings. The topological polar surface area (TPSA) is 148 Å². The molecule has 0 radical (unpaired) electrons. The highest BCUT2D eigenvalue weighted by atomic mass is 16.6. The van der Waals surface area contributed by atoms with Gasteiger partial charge in [-0.25, -0.2) is 9.97 Å². The van der Waals surface area contributed by atoms with Gasteiger partial charge in [0.2, 0.25) is 11.8 Å². The van der Waals surface area contributed by atoms with Crippen LogP contribution in [-0.4, -0.2) is 67.8 Å². The van der Waals surface area contributed by atoms with Crippen molar-refractivity contribution < 1.29 is 24.4 Å². The Hall–Kier alpha value is -3.30. The molecular weight excluding hydrogens is 428 g/mol. The number of aliphatic hydroxyl groups excluding tert-OH is 2. The molecule has 5 rings (SSSR count). The molecule has 2 aromatic heterocycles. The van der Waals surface area contributed by atoms with Crippen molar-refractivity contribution >= 4 is 17.1 Å². The number of imidazole rings is 1. The molecule has 4 atom stereocenters. The molecule has 0 unspecified atom stereocenters. The van der Waals surface area contributed by atoms with Gasteiger partial charge in [-0.05, 0) is 24.6 Å². The van der Waals surface area contributed by atoms with Gasteiger partial charge in [-0.3, -0.25) is 4.57 Å². The number of rotatable bonds is 7. The quantitative estimate of drug-likeness (QED) is 0.474. The Morgan fingerprint density at radius 2 is 2.00 bits per heavy atom. The van der Waals surface area contributed by atoms with Crippen LogP contribution >= 0.6 is 0 Å². The molecular formula is C22H24N6O5. The Kier molecular flexibility index (Phi) is 5.82. The summed E-state index contributed by atoms with van der Waals surface area (Å²) in [4.78, 5) is 13.3. The van der Waals surface area contributed by atoms with E-state index in [1.807, 2.05) is 12.1 Å². The van der Waals surface area contributed by atoms with Gasteiger partial charge in [0.05, 0.1) is 31.0 Å². The normalized spacial score (nSPS) is 25.0. The van der Waals surface area contributed by atoms with Crippen LogP contribution < -0.4 is 10.1 Å². The molecule has 0 amide bonds. The second-order valence-corrected chi connectivity index (χ2v) is 8.25. The number of hydrogen-bond donors (Lipinski definition) is 3. The molecule has 33 heavy (non-hydrogen) atoms. The van der Waals surface area contributed by atoms with Crippen LogP contribution in [0.15, 0.2) is 30.6 Å². The predicted molar refractivity (Wildman–Crippen MR) is 115 cm³/mol. The highest BCUT2D eigenvalue weighted by Crippen LogP contribution is 2.36. The number of anilines is 1. The zero-order valence-electron chi connectivity index (χ0n) is 18.0. The minimum absolute atomic E-state index is 0.227. The van der Waals surface area contributed by atoms with Crippen LogP contribution in [0.1, 0.15) is 24.3 Å². The highest BCUT2D eigenvalue weighted by Gasteiger charge is 2.43. The van der Waals surface area contributed by atoms with E-state index in [-0.39, 0.29) is 12.5 Å². The molecule has 3 N–H and O–H groups in total. The van der Waals surface area contributed by atoms with Crippen LogP contribution in [0, 0.1) is 17.2 Å². The summed E-state index contributed by atoms with van der Waals surface area (Å²) in [6.45, 7) is 3.89. The van der Waals surface area contributed by atoms with E-state index in [4.69, 9.17) is 19.5 Å². The maximum absolute atomic E-state index is 10.6. The zero-order chi connectivity index (χ0) is 22.9. The minimum Gasteiger partial charge on any atom is -0.471 e. The number of nitrogens with one attached hydrogen (secondary N) is 1. The van der Waals surface area contributed by atoms with E-state index in [1.54, 1.807) is 23.6 Å². The summed E-state index contributed by atoms with van der Waals surface area (Å²) in [5.74, 6) is 1.07. The number of ether oxygens (including phenoxy) is 3. The first-order chi connectivity index (χ1) is 16.0. The highest BCUT2D eigenvalue weighted by molar-refractivity contribution is 5.79. The number of aromatic nitrogens is 4. The Bertz CT molecular complexity index is 1170. The monoisotopic (exact) mass is 452 g/mol. The molecule has 11 heteroatoms. The smallest absolute Gasteiger partial charge is 0.245 e. The first kappa shape index (κ1) is 21.5. The molecule has 0 spiro atoms. The molecule has 172 valence electrons. The van der Waals surface area contributed by atoms with E-state index in [1.165, 1.54) is 6.33 Å². The molecule has 0 aliphatic carbocycles. The van der Waals surface area contributed by atoms with Gasteiger partial charge >= 0.3 is 0 Å². The lowest BCUT2D eigenvalue weighted by Crippen LogP contribution is -2.35. The summed E-state index contributed by atoms with van der Waals surface area (Å²) in [5.41, 5.74) is 2.26. The van der Waals surface area contributed by atoms with Gasteiger partial charge in [0, 0.05) is 12.5 Å². The maximum Gasteiger partial charge on any atom is 0.245 e. The lowest BCUT2D eigenvalue weighted by Gasteiger charge is -2.27. The third-order valence-corrected chi connectivity index (χ3v) is 5.89. The fourth-order valence-corrected chi connectivity index (χ4v) is 3.87. The Balaban J connectivity index is 1.46. The molecule has 3 aromatic rings. The third-order valence-electron chi connectivity index (χ3n) is 5.89. The zero-order valence-corrected chi connectivity index (χ0v) is 18.0. The molecule has 1 aromatic carbocycles. The summed E-state index contributed by atoms with van der Waals surface area (Å²) in [7, 11) is 0. The van der Waals surface area contributed by atoms with Crippen LogP contribution in [0.2, 0.25) is 0 Å². The Morgan fingerprint density at radius 1 is 1.21 bits per heavy atom. The van der Waals surface area contributed by atoms with E-state index in [0.717, 1.165) is 5.56 Å². The summed E-state index contributed by atoms with van der Waals surface area (Å²) in [5, 5.41) is 33.1. The average Bonchev–Trinajstić information content (AvgIpc) is 3.29. The lowest BCUT2D eigenvalue weighted by molar-refractivity contribution is -0.0303. The van der Waals surface area contributed by atoms with Gasteiger partial charge in [-0.1, -0.05) is 12.1 Å². The summed E-state index contributed by atoms with van der Waals surface area (Å²) >= 11 is 0. The predicted octanol–water partition coefficient (Wildman–Crippen LogP) is 0.974. The molecule has 2 aliphatic heterocycles. The van der Waals surface area contributed by atoms with Crippen molar-refractivity contribution in [2.45, 2.75) is 38.1 Å². The van der Waals surface area contributed by atoms with Gasteiger partial charge in [0.1, 0.15) is 25.1 Å². The SMILES string of the molecule is C[C@H]1O[C@@H](n2c(NCC3COC3)nc3c(OCc4ccc(C#N)cc4)ncnc32)[C@H](O)[C@@H]1O. The van der Waals surface area contributed by atoms with E-state index >= 15 is 0 Å². The van der Waals surface area contributed by atoms with Crippen LogP contribution in [0.25, 0.3) is 11.2 Å². The maximum atomic E-state index is 10.6.